The second kappa shape index (κ2) is 6.69. The molecule has 1 aliphatic heterocycles. The summed E-state index contributed by atoms with van der Waals surface area (Å²) in [5.74, 6) is 0.274. The highest BCUT2D eigenvalue weighted by atomic mass is 32.2. The number of thiophene rings is 1. The quantitative estimate of drug-likeness (QED) is 0.819. The summed E-state index contributed by atoms with van der Waals surface area (Å²) in [4.78, 5) is 14.9. The number of sulfonamides is 1. The van der Waals surface area contributed by atoms with Gasteiger partial charge in [0.2, 0.25) is 15.9 Å². The van der Waals surface area contributed by atoms with Crippen molar-refractivity contribution in [2.75, 3.05) is 31.9 Å². The van der Waals surface area contributed by atoms with Crippen molar-refractivity contribution in [3.8, 4) is 0 Å². The van der Waals surface area contributed by atoms with Crippen molar-refractivity contribution in [1.82, 2.24) is 9.21 Å². The van der Waals surface area contributed by atoms with E-state index in [0.29, 0.717) is 39.0 Å². The second-order valence-corrected chi connectivity index (χ2v) is 7.97. The van der Waals surface area contributed by atoms with Crippen LogP contribution >= 0.6 is 11.3 Å². The van der Waals surface area contributed by atoms with Crippen molar-refractivity contribution in [2.24, 2.45) is 0 Å². The number of hydrogen-bond acceptors (Lipinski definition) is 4. The molecule has 0 spiro atoms. The molecule has 0 bridgehead atoms. The first kappa shape index (κ1) is 15.5. The van der Waals surface area contributed by atoms with Gasteiger partial charge in [-0.25, -0.2) is 8.42 Å². The largest absolute Gasteiger partial charge is 0.340 e. The van der Waals surface area contributed by atoms with E-state index in [0.717, 1.165) is 4.88 Å². The van der Waals surface area contributed by atoms with Gasteiger partial charge in [-0.05, 0) is 17.9 Å². The van der Waals surface area contributed by atoms with E-state index in [1.165, 1.54) is 4.31 Å². The molecular formula is C13H20N2O3S2. The minimum absolute atomic E-state index is 0.0833. The number of piperazine rings is 1. The lowest BCUT2D eigenvalue weighted by atomic mass is 10.3. The SMILES string of the molecule is CCCS(=O)(=O)N1CCN(C(=O)Cc2cccs2)CC1. The van der Waals surface area contributed by atoms with E-state index in [4.69, 9.17) is 0 Å². The van der Waals surface area contributed by atoms with E-state index in [1.807, 2.05) is 24.4 Å². The Morgan fingerprint density at radius 2 is 2.00 bits per heavy atom. The van der Waals surface area contributed by atoms with Crippen LogP contribution in [0.2, 0.25) is 0 Å². The molecule has 1 fully saturated rings. The average molecular weight is 316 g/mol. The third kappa shape index (κ3) is 3.80. The van der Waals surface area contributed by atoms with Crippen LogP contribution < -0.4 is 0 Å². The average Bonchev–Trinajstić information content (AvgIpc) is 2.91. The van der Waals surface area contributed by atoms with Crippen molar-refractivity contribution in [2.45, 2.75) is 19.8 Å². The van der Waals surface area contributed by atoms with E-state index in [1.54, 1.807) is 16.2 Å². The lowest BCUT2D eigenvalue weighted by Gasteiger charge is -2.34. The predicted molar refractivity (Wildman–Crippen MR) is 80.3 cm³/mol. The van der Waals surface area contributed by atoms with Crippen LogP contribution in [0.15, 0.2) is 17.5 Å². The Morgan fingerprint density at radius 3 is 2.55 bits per heavy atom. The van der Waals surface area contributed by atoms with Gasteiger partial charge in [-0.15, -0.1) is 11.3 Å². The summed E-state index contributed by atoms with van der Waals surface area (Å²) in [5.41, 5.74) is 0. The normalized spacial score (nSPS) is 17.4. The van der Waals surface area contributed by atoms with Gasteiger partial charge in [-0.2, -0.15) is 4.31 Å². The summed E-state index contributed by atoms with van der Waals surface area (Å²) >= 11 is 1.57. The number of carbonyl (C=O) groups is 1. The van der Waals surface area contributed by atoms with Crippen LogP contribution in [0.25, 0.3) is 0 Å². The van der Waals surface area contributed by atoms with Gasteiger partial charge in [0.05, 0.1) is 12.2 Å². The Labute approximate surface area is 124 Å². The van der Waals surface area contributed by atoms with E-state index in [9.17, 15) is 13.2 Å². The summed E-state index contributed by atoms with van der Waals surface area (Å²) in [7, 11) is -3.14. The van der Waals surface area contributed by atoms with Crippen LogP contribution in [-0.4, -0.2) is 55.5 Å². The third-order valence-corrected chi connectivity index (χ3v) is 6.30. The van der Waals surface area contributed by atoms with Crippen molar-refractivity contribution >= 4 is 27.3 Å². The van der Waals surface area contributed by atoms with E-state index >= 15 is 0 Å². The van der Waals surface area contributed by atoms with Gasteiger partial charge in [0, 0.05) is 31.1 Å². The molecule has 20 heavy (non-hydrogen) atoms. The van der Waals surface area contributed by atoms with Crippen LogP contribution in [0.4, 0.5) is 0 Å². The third-order valence-electron chi connectivity index (χ3n) is 3.35. The molecule has 7 heteroatoms. The number of rotatable bonds is 5. The minimum Gasteiger partial charge on any atom is -0.340 e. The molecule has 0 unspecified atom stereocenters. The number of amides is 1. The fourth-order valence-corrected chi connectivity index (χ4v) is 4.47. The lowest BCUT2D eigenvalue weighted by Crippen LogP contribution is -2.51. The maximum absolute atomic E-state index is 12.1. The predicted octanol–water partition coefficient (Wildman–Crippen LogP) is 1.17. The van der Waals surface area contributed by atoms with E-state index < -0.39 is 10.0 Å². The topological polar surface area (TPSA) is 57.7 Å². The molecule has 2 rings (SSSR count). The van der Waals surface area contributed by atoms with Gasteiger partial charge in [0.15, 0.2) is 0 Å². The number of carbonyl (C=O) groups excluding carboxylic acids is 1. The van der Waals surface area contributed by atoms with Crippen molar-refractivity contribution < 1.29 is 13.2 Å². The van der Waals surface area contributed by atoms with Gasteiger partial charge < -0.3 is 4.90 Å². The highest BCUT2D eigenvalue weighted by Gasteiger charge is 2.28. The fraction of sp³-hybridized carbons (Fsp3) is 0.615. The molecule has 0 aliphatic carbocycles. The van der Waals surface area contributed by atoms with Crippen molar-refractivity contribution in [3.05, 3.63) is 22.4 Å². The van der Waals surface area contributed by atoms with Gasteiger partial charge in [0.25, 0.3) is 0 Å². The highest BCUT2D eigenvalue weighted by molar-refractivity contribution is 7.89. The summed E-state index contributed by atoms with van der Waals surface area (Å²) in [6, 6.07) is 3.88. The van der Waals surface area contributed by atoms with Crippen LogP contribution in [0.5, 0.6) is 0 Å². The molecule has 0 radical (unpaired) electrons. The molecule has 2 heterocycles. The van der Waals surface area contributed by atoms with Crippen LogP contribution in [0, 0.1) is 0 Å². The first-order valence-corrected chi connectivity index (χ1v) is 9.30. The monoisotopic (exact) mass is 316 g/mol. The zero-order valence-electron chi connectivity index (χ0n) is 11.6. The van der Waals surface area contributed by atoms with Gasteiger partial charge >= 0.3 is 0 Å². The molecular weight excluding hydrogens is 296 g/mol. The van der Waals surface area contributed by atoms with Gasteiger partial charge in [-0.3, -0.25) is 4.79 Å². The molecule has 0 saturated carbocycles. The Bertz CT molecular complexity index is 532. The van der Waals surface area contributed by atoms with E-state index in [2.05, 4.69) is 0 Å². The molecule has 5 nitrogen and oxygen atoms in total. The summed E-state index contributed by atoms with van der Waals surface area (Å²) in [6.45, 7) is 3.68. The van der Waals surface area contributed by atoms with Crippen LogP contribution in [0.3, 0.4) is 0 Å². The first-order valence-electron chi connectivity index (χ1n) is 6.81. The zero-order chi connectivity index (χ0) is 14.6. The second-order valence-electron chi connectivity index (χ2n) is 4.85. The Kier molecular flexibility index (Phi) is 5.17. The zero-order valence-corrected chi connectivity index (χ0v) is 13.3. The Morgan fingerprint density at radius 1 is 1.30 bits per heavy atom. The Hall–Kier alpha value is -0.920. The molecule has 1 saturated heterocycles. The molecule has 1 aliphatic rings. The summed E-state index contributed by atoms with van der Waals surface area (Å²) < 4.78 is 25.4. The highest BCUT2D eigenvalue weighted by Crippen LogP contribution is 2.13. The van der Waals surface area contributed by atoms with Crippen molar-refractivity contribution in [1.29, 1.82) is 0 Å². The van der Waals surface area contributed by atoms with Gasteiger partial charge in [-0.1, -0.05) is 13.0 Å². The molecule has 1 amide bonds. The molecule has 0 N–H and O–H groups in total. The Balaban J connectivity index is 1.86. The van der Waals surface area contributed by atoms with Gasteiger partial charge in [0.1, 0.15) is 0 Å². The first-order chi connectivity index (χ1) is 9.53. The lowest BCUT2D eigenvalue weighted by molar-refractivity contribution is -0.131. The smallest absolute Gasteiger partial charge is 0.227 e. The molecule has 112 valence electrons. The van der Waals surface area contributed by atoms with Crippen molar-refractivity contribution in [3.63, 3.8) is 0 Å². The van der Waals surface area contributed by atoms with Crippen LogP contribution in [-0.2, 0) is 21.2 Å². The number of hydrogen-bond donors (Lipinski definition) is 0. The maximum atomic E-state index is 12.1. The molecule has 1 aromatic rings. The van der Waals surface area contributed by atoms with E-state index in [-0.39, 0.29) is 11.7 Å². The standard InChI is InChI=1S/C13H20N2O3S2/c1-2-10-20(17,18)15-7-5-14(6-8-15)13(16)11-12-4-3-9-19-12/h3-4,9H,2,5-8,10-11H2,1H3. The summed E-state index contributed by atoms with van der Waals surface area (Å²) in [6.07, 6.45) is 1.04. The summed E-state index contributed by atoms with van der Waals surface area (Å²) in [5, 5.41) is 1.96. The maximum Gasteiger partial charge on any atom is 0.227 e. The minimum atomic E-state index is -3.14. The molecule has 0 atom stereocenters. The molecule has 1 aromatic heterocycles. The van der Waals surface area contributed by atoms with Crippen LogP contribution in [0.1, 0.15) is 18.2 Å². The number of nitrogens with zero attached hydrogens (tertiary/aromatic N) is 2. The molecule has 0 aromatic carbocycles. The fourth-order valence-electron chi connectivity index (χ4n) is 2.28.